The van der Waals surface area contributed by atoms with Crippen LogP contribution < -0.4 is 11.1 Å². The fourth-order valence-corrected chi connectivity index (χ4v) is 8.82. The van der Waals surface area contributed by atoms with Crippen LogP contribution in [-0.4, -0.2) is 87.5 Å². The van der Waals surface area contributed by atoms with E-state index in [1.54, 1.807) is 0 Å². The molecule has 1 amide bonds. The maximum atomic E-state index is 13.6. The Morgan fingerprint density at radius 3 is 2.47 bits per heavy atom. The zero-order valence-electron chi connectivity index (χ0n) is 21.5. The van der Waals surface area contributed by atoms with E-state index in [0.29, 0.717) is 11.3 Å². The van der Waals surface area contributed by atoms with Crippen LogP contribution in [0.5, 0.6) is 0 Å². The van der Waals surface area contributed by atoms with Gasteiger partial charge < -0.3 is 11.1 Å². The van der Waals surface area contributed by atoms with Gasteiger partial charge in [-0.25, -0.2) is 17.8 Å². The number of carbonyl (C=O) groups excluding carboxylic acids is 1. The molecule has 6 rings (SSSR count). The van der Waals surface area contributed by atoms with E-state index < -0.39 is 16.6 Å². The topological polar surface area (TPSA) is 107 Å². The lowest BCUT2D eigenvalue weighted by Gasteiger charge is -2.52. The van der Waals surface area contributed by atoms with Crippen molar-refractivity contribution in [3.05, 3.63) is 11.4 Å². The molecule has 0 aromatic heterocycles. The van der Waals surface area contributed by atoms with E-state index in [2.05, 4.69) is 25.8 Å². The predicted molar refractivity (Wildman–Crippen MR) is 142 cm³/mol. The van der Waals surface area contributed by atoms with Gasteiger partial charge in [0.05, 0.1) is 17.8 Å². The minimum Gasteiger partial charge on any atom is -0.390 e. The van der Waals surface area contributed by atoms with Crippen LogP contribution in [0.15, 0.2) is 21.4 Å². The zero-order chi connectivity index (χ0) is 24.9. The monoisotopic (exact) mass is 515 g/mol. The number of nitrogens with one attached hydrogen (secondary N) is 1. The standard InChI is InChI=1S/C26H41N7O2S/c1-19-4-2-5-22(19)33-23(30-18-27)21(26(9-10-26)24(33)34)14-29-20-6-12-31(13-7-20)36(35)32-16-25(17-32)8-3-11-28-15-25/h14,18-20,22,28H,2-13,15-17H2,1H3,(H2,27,30). The third-order valence-corrected chi connectivity index (χ3v) is 11.1. The molecule has 0 bridgehead atoms. The van der Waals surface area contributed by atoms with E-state index >= 15 is 0 Å². The summed E-state index contributed by atoms with van der Waals surface area (Å²) in [6.45, 7) is 7.88. The van der Waals surface area contributed by atoms with Gasteiger partial charge in [0.2, 0.25) is 5.91 Å². The fraction of sp³-hybridized carbons (Fsp3) is 0.808. The van der Waals surface area contributed by atoms with Gasteiger partial charge in [-0.3, -0.25) is 14.7 Å². The highest BCUT2D eigenvalue weighted by Gasteiger charge is 2.62. The highest BCUT2D eigenvalue weighted by Crippen LogP contribution is 2.59. The fourth-order valence-electron chi connectivity index (χ4n) is 7.20. The summed E-state index contributed by atoms with van der Waals surface area (Å²) in [7, 11) is 0. The first-order valence-corrected chi connectivity index (χ1v) is 15.0. The van der Waals surface area contributed by atoms with Crippen LogP contribution in [0.1, 0.15) is 64.7 Å². The van der Waals surface area contributed by atoms with Gasteiger partial charge >= 0.3 is 0 Å². The second-order valence-electron chi connectivity index (χ2n) is 12.0. The molecule has 3 atom stereocenters. The lowest BCUT2D eigenvalue weighted by Crippen LogP contribution is -2.64. The number of nitrogens with two attached hydrogens (primary N) is 1. The number of carbonyl (C=O) groups is 1. The van der Waals surface area contributed by atoms with Crippen LogP contribution in [0.2, 0.25) is 0 Å². The van der Waals surface area contributed by atoms with Crippen LogP contribution in [0.25, 0.3) is 0 Å². The Balaban J connectivity index is 1.10. The molecule has 6 aliphatic rings. The number of rotatable bonds is 6. The average molecular weight is 516 g/mol. The number of nitrogens with zero attached hydrogens (tertiary/aromatic N) is 5. The van der Waals surface area contributed by atoms with Gasteiger partial charge in [0.25, 0.3) is 0 Å². The third kappa shape index (κ3) is 4.18. The minimum atomic E-state index is -1.05. The highest BCUT2D eigenvalue weighted by molar-refractivity contribution is 7.80. The van der Waals surface area contributed by atoms with Crippen LogP contribution in [-0.2, 0) is 16.0 Å². The van der Waals surface area contributed by atoms with Crippen LogP contribution in [0, 0.1) is 16.7 Å². The Hall–Kier alpha value is -1.62. The Labute approximate surface area is 217 Å². The van der Waals surface area contributed by atoms with E-state index in [9.17, 15) is 9.00 Å². The van der Waals surface area contributed by atoms with Crippen molar-refractivity contribution in [2.24, 2.45) is 32.5 Å². The summed E-state index contributed by atoms with van der Waals surface area (Å²) in [6, 6.07) is 0.396. The van der Waals surface area contributed by atoms with Crippen molar-refractivity contribution in [3.63, 3.8) is 0 Å². The van der Waals surface area contributed by atoms with Gasteiger partial charge in [-0.05, 0) is 63.8 Å². The summed E-state index contributed by atoms with van der Waals surface area (Å²) in [5.41, 5.74) is 6.61. The second kappa shape index (κ2) is 9.60. The SMILES string of the molecule is CC1CCCC1N1C(=O)C2(CC2)C(C=NC2CCN(S(=O)N3CC4(CCCNC4)C3)CC2)=C1/N=C/N. The van der Waals surface area contributed by atoms with E-state index in [4.69, 9.17) is 10.7 Å². The number of hydrogen-bond acceptors (Lipinski definition) is 5. The maximum absolute atomic E-state index is 13.6. The molecule has 198 valence electrons. The smallest absolute Gasteiger partial charge is 0.239 e. The zero-order valence-corrected chi connectivity index (χ0v) is 22.3. The first-order valence-electron chi connectivity index (χ1n) is 13.9. The second-order valence-corrected chi connectivity index (χ2v) is 13.5. The Morgan fingerprint density at radius 2 is 1.86 bits per heavy atom. The van der Waals surface area contributed by atoms with Crippen molar-refractivity contribution in [2.45, 2.75) is 76.8 Å². The average Bonchev–Trinajstić information content (AvgIpc) is 3.52. The summed E-state index contributed by atoms with van der Waals surface area (Å²) in [5.74, 6) is 1.41. The molecule has 0 aromatic rings. The molecule has 2 aliphatic carbocycles. The molecule has 10 heteroatoms. The molecular formula is C26H41N7O2S. The lowest BCUT2D eigenvalue weighted by molar-refractivity contribution is -0.134. The molecule has 3 N–H and O–H groups in total. The van der Waals surface area contributed by atoms with Crippen LogP contribution in [0.3, 0.4) is 0 Å². The van der Waals surface area contributed by atoms with E-state index in [-0.39, 0.29) is 18.0 Å². The van der Waals surface area contributed by atoms with Crippen LogP contribution >= 0.6 is 0 Å². The van der Waals surface area contributed by atoms with Gasteiger partial charge in [-0.1, -0.05) is 13.3 Å². The third-order valence-electron chi connectivity index (χ3n) is 9.57. The maximum Gasteiger partial charge on any atom is 0.239 e. The molecule has 0 aromatic carbocycles. The number of hydrogen-bond donors (Lipinski definition) is 2. The Kier molecular flexibility index (Phi) is 6.59. The van der Waals surface area contributed by atoms with E-state index in [1.807, 2.05) is 11.1 Å². The number of piperidine rings is 2. The van der Waals surface area contributed by atoms with Crippen LogP contribution in [0.4, 0.5) is 0 Å². The summed E-state index contributed by atoms with van der Waals surface area (Å²) in [4.78, 5) is 25.0. The van der Waals surface area contributed by atoms with Gasteiger partial charge in [0.15, 0.2) is 11.2 Å². The van der Waals surface area contributed by atoms with Crippen molar-refractivity contribution < 1.29 is 9.00 Å². The Bertz CT molecular complexity index is 984. The van der Waals surface area contributed by atoms with Crippen molar-refractivity contribution in [1.29, 1.82) is 0 Å². The minimum absolute atomic E-state index is 0.185. The number of aliphatic imine (C=N–C) groups is 2. The van der Waals surface area contributed by atoms with E-state index in [0.717, 1.165) is 95.6 Å². The molecule has 0 radical (unpaired) electrons. The summed E-state index contributed by atoms with van der Waals surface area (Å²) >= 11 is -1.05. The summed E-state index contributed by atoms with van der Waals surface area (Å²) in [5, 5.41) is 3.51. The largest absolute Gasteiger partial charge is 0.390 e. The van der Waals surface area contributed by atoms with Crippen molar-refractivity contribution >= 4 is 29.6 Å². The molecule has 3 unspecified atom stereocenters. The van der Waals surface area contributed by atoms with Gasteiger partial charge in [-0.15, -0.1) is 0 Å². The highest BCUT2D eigenvalue weighted by atomic mass is 32.2. The quantitative estimate of drug-likeness (QED) is 0.416. The van der Waals surface area contributed by atoms with Gasteiger partial charge in [0.1, 0.15) is 5.82 Å². The van der Waals surface area contributed by atoms with Gasteiger partial charge in [0, 0.05) is 56.0 Å². The summed E-state index contributed by atoms with van der Waals surface area (Å²) < 4.78 is 17.4. The molecule has 36 heavy (non-hydrogen) atoms. The molecule has 5 fully saturated rings. The molecule has 2 spiro atoms. The molecule has 4 aliphatic heterocycles. The normalized spacial score (nSPS) is 34.0. The first-order chi connectivity index (χ1) is 17.5. The Morgan fingerprint density at radius 1 is 1.08 bits per heavy atom. The lowest BCUT2D eigenvalue weighted by atomic mass is 9.75. The molecule has 9 nitrogen and oxygen atoms in total. The van der Waals surface area contributed by atoms with Crippen molar-refractivity contribution in [1.82, 2.24) is 18.8 Å². The summed E-state index contributed by atoms with van der Waals surface area (Å²) in [6.07, 6.45) is 12.6. The first kappa shape index (κ1) is 24.7. The van der Waals surface area contributed by atoms with Gasteiger partial charge in [-0.2, -0.15) is 0 Å². The molecule has 4 heterocycles. The van der Waals surface area contributed by atoms with Crippen molar-refractivity contribution in [2.75, 3.05) is 39.3 Å². The van der Waals surface area contributed by atoms with Crippen molar-refractivity contribution in [3.8, 4) is 0 Å². The molecular weight excluding hydrogens is 474 g/mol. The molecule has 3 saturated heterocycles. The number of amides is 1. The molecule has 2 saturated carbocycles. The van der Waals surface area contributed by atoms with E-state index in [1.165, 1.54) is 19.2 Å². The predicted octanol–water partition coefficient (Wildman–Crippen LogP) is 1.80.